The van der Waals surface area contributed by atoms with E-state index in [0.717, 1.165) is 12.8 Å². The van der Waals surface area contributed by atoms with Gasteiger partial charge < -0.3 is 14.6 Å². The zero-order valence-corrected chi connectivity index (χ0v) is 9.08. The van der Waals surface area contributed by atoms with Crippen LogP contribution in [0.5, 0.6) is 0 Å². The van der Waals surface area contributed by atoms with Gasteiger partial charge in [-0.05, 0) is 6.42 Å². The Bertz CT molecular complexity index is 132. The van der Waals surface area contributed by atoms with E-state index in [9.17, 15) is 5.11 Å². The Morgan fingerprint density at radius 3 is 2.79 bits per heavy atom. The van der Waals surface area contributed by atoms with Crippen LogP contribution >= 0.6 is 0 Å². The third-order valence-corrected chi connectivity index (χ3v) is 2.62. The van der Waals surface area contributed by atoms with Crippen molar-refractivity contribution in [2.24, 2.45) is 0 Å². The molecule has 0 aliphatic carbocycles. The largest absolute Gasteiger partial charge is 0.390 e. The van der Waals surface area contributed by atoms with Crippen molar-refractivity contribution in [3.05, 3.63) is 0 Å². The van der Waals surface area contributed by atoms with Gasteiger partial charge in [0.2, 0.25) is 0 Å². The molecule has 0 aromatic heterocycles. The monoisotopic (exact) mass is 202 g/mol. The van der Waals surface area contributed by atoms with Crippen molar-refractivity contribution in [3.8, 4) is 0 Å². The maximum atomic E-state index is 9.77. The van der Waals surface area contributed by atoms with Crippen LogP contribution in [0, 0.1) is 0 Å². The third kappa shape index (κ3) is 4.40. The van der Waals surface area contributed by atoms with Crippen LogP contribution in [0.3, 0.4) is 0 Å². The molecule has 14 heavy (non-hydrogen) atoms. The van der Waals surface area contributed by atoms with Crippen LogP contribution in [0.15, 0.2) is 0 Å². The Balaban J connectivity index is 2.04. The first-order chi connectivity index (χ1) is 6.84. The minimum absolute atomic E-state index is 0.0922. The van der Waals surface area contributed by atoms with E-state index in [0.29, 0.717) is 19.8 Å². The third-order valence-electron chi connectivity index (χ3n) is 2.62. The van der Waals surface area contributed by atoms with E-state index in [1.807, 2.05) is 0 Å². The Morgan fingerprint density at radius 2 is 2.14 bits per heavy atom. The zero-order chi connectivity index (χ0) is 10.2. The van der Waals surface area contributed by atoms with Crippen LogP contribution in [0.25, 0.3) is 0 Å². The molecule has 1 aliphatic rings. The van der Waals surface area contributed by atoms with Gasteiger partial charge in [-0.15, -0.1) is 0 Å². The highest BCUT2D eigenvalue weighted by Gasteiger charge is 2.22. The molecule has 2 atom stereocenters. The van der Waals surface area contributed by atoms with Crippen LogP contribution < -0.4 is 0 Å². The highest BCUT2D eigenvalue weighted by atomic mass is 16.6. The van der Waals surface area contributed by atoms with Crippen LogP contribution in [0.1, 0.15) is 39.0 Å². The number of aliphatic hydroxyl groups excluding tert-OH is 1. The maximum absolute atomic E-state index is 9.77. The summed E-state index contributed by atoms with van der Waals surface area (Å²) in [6.45, 7) is 4.03. The molecule has 1 rings (SSSR count). The van der Waals surface area contributed by atoms with E-state index in [1.54, 1.807) is 0 Å². The Morgan fingerprint density at radius 1 is 1.29 bits per heavy atom. The van der Waals surface area contributed by atoms with Crippen molar-refractivity contribution >= 4 is 0 Å². The van der Waals surface area contributed by atoms with Crippen LogP contribution in [-0.4, -0.2) is 37.1 Å². The first-order valence-corrected chi connectivity index (χ1v) is 5.72. The number of aliphatic hydroxyl groups is 1. The summed E-state index contributed by atoms with van der Waals surface area (Å²) in [5.41, 5.74) is 0. The molecular weight excluding hydrogens is 180 g/mol. The number of hydrogen-bond donors (Lipinski definition) is 1. The molecule has 0 amide bonds. The topological polar surface area (TPSA) is 38.7 Å². The second-order valence-corrected chi connectivity index (χ2v) is 3.90. The lowest BCUT2D eigenvalue weighted by Crippen LogP contribution is -2.38. The van der Waals surface area contributed by atoms with E-state index in [4.69, 9.17) is 9.47 Å². The summed E-state index contributed by atoms with van der Waals surface area (Å²) >= 11 is 0. The summed E-state index contributed by atoms with van der Waals surface area (Å²) < 4.78 is 10.7. The van der Waals surface area contributed by atoms with Crippen molar-refractivity contribution in [1.82, 2.24) is 0 Å². The summed E-state index contributed by atoms with van der Waals surface area (Å²) in [7, 11) is 0. The molecule has 1 aliphatic heterocycles. The second-order valence-electron chi connectivity index (χ2n) is 3.90. The highest BCUT2D eigenvalue weighted by molar-refractivity contribution is 4.70. The smallest absolute Gasteiger partial charge is 0.107 e. The van der Waals surface area contributed by atoms with Gasteiger partial charge >= 0.3 is 0 Å². The molecule has 1 heterocycles. The van der Waals surface area contributed by atoms with Crippen LogP contribution in [0.4, 0.5) is 0 Å². The molecule has 3 nitrogen and oxygen atoms in total. The molecule has 2 unspecified atom stereocenters. The summed E-state index contributed by atoms with van der Waals surface area (Å²) in [4.78, 5) is 0. The number of hydrogen-bond acceptors (Lipinski definition) is 3. The van der Waals surface area contributed by atoms with Gasteiger partial charge in [0, 0.05) is 0 Å². The molecule has 1 saturated heterocycles. The van der Waals surface area contributed by atoms with Gasteiger partial charge in [-0.2, -0.15) is 0 Å². The van der Waals surface area contributed by atoms with E-state index in [1.165, 1.54) is 19.3 Å². The number of ether oxygens (including phenoxy) is 2. The summed E-state index contributed by atoms with van der Waals surface area (Å²) in [5.74, 6) is 0. The fraction of sp³-hybridized carbons (Fsp3) is 1.00. The van der Waals surface area contributed by atoms with Gasteiger partial charge in [-0.1, -0.05) is 32.6 Å². The van der Waals surface area contributed by atoms with Crippen LogP contribution in [-0.2, 0) is 9.47 Å². The number of unbranched alkanes of at least 4 members (excludes halogenated alkanes) is 3. The lowest BCUT2D eigenvalue weighted by atomic mass is 10.1. The van der Waals surface area contributed by atoms with Gasteiger partial charge in [0.1, 0.15) is 6.10 Å². The zero-order valence-electron chi connectivity index (χ0n) is 9.08. The molecule has 0 aromatic rings. The van der Waals surface area contributed by atoms with E-state index in [-0.39, 0.29) is 12.2 Å². The van der Waals surface area contributed by atoms with Gasteiger partial charge in [0.05, 0.1) is 25.9 Å². The summed E-state index contributed by atoms with van der Waals surface area (Å²) in [6, 6.07) is 0. The molecule has 0 bridgehead atoms. The Kier molecular flexibility index (Phi) is 6.15. The minimum atomic E-state index is -0.341. The molecule has 0 saturated carbocycles. The van der Waals surface area contributed by atoms with Crippen LogP contribution in [0.2, 0.25) is 0 Å². The van der Waals surface area contributed by atoms with E-state index < -0.39 is 0 Å². The predicted molar refractivity (Wildman–Crippen MR) is 55.3 cm³/mol. The fourth-order valence-corrected chi connectivity index (χ4v) is 1.69. The molecule has 1 fully saturated rings. The molecule has 0 aromatic carbocycles. The van der Waals surface area contributed by atoms with Crippen molar-refractivity contribution in [3.63, 3.8) is 0 Å². The van der Waals surface area contributed by atoms with Gasteiger partial charge in [-0.3, -0.25) is 0 Å². The molecular formula is C11H22O3. The standard InChI is InChI=1S/C11H22O3/c1-2-3-4-5-6-10(12)11-9-13-7-8-14-11/h10-12H,2-9H2,1H3. The van der Waals surface area contributed by atoms with Crippen molar-refractivity contribution in [2.45, 2.75) is 51.2 Å². The van der Waals surface area contributed by atoms with Crippen molar-refractivity contribution in [2.75, 3.05) is 19.8 Å². The summed E-state index contributed by atoms with van der Waals surface area (Å²) in [6.07, 6.45) is 5.20. The highest BCUT2D eigenvalue weighted by Crippen LogP contribution is 2.12. The van der Waals surface area contributed by atoms with E-state index >= 15 is 0 Å². The summed E-state index contributed by atoms with van der Waals surface area (Å²) in [5, 5.41) is 9.77. The SMILES string of the molecule is CCCCCCC(O)C1COCCO1. The molecule has 1 N–H and O–H groups in total. The molecule has 84 valence electrons. The fourth-order valence-electron chi connectivity index (χ4n) is 1.69. The van der Waals surface area contributed by atoms with Gasteiger partial charge in [0.15, 0.2) is 0 Å². The van der Waals surface area contributed by atoms with Crippen molar-refractivity contribution in [1.29, 1.82) is 0 Å². The second kappa shape index (κ2) is 7.21. The lowest BCUT2D eigenvalue weighted by molar-refractivity contribution is -0.133. The van der Waals surface area contributed by atoms with E-state index in [2.05, 4.69) is 6.92 Å². The quantitative estimate of drug-likeness (QED) is 0.667. The predicted octanol–water partition coefficient (Wildman–Crippen LogP) is 1.73. The molecule has 3 heteroatoms. The molecule has 0 radical (unpaired) electrons. The van der Waals surface area contributed by atoms with Gasteiger partial charge in [0.25, 0.3) is 0 Å². The van der Waals surface area contributed by atoms with Crippen molar-refractivity contribution < 1.29 is 14.6 Å². The average molecular weight is 202 g/mol. The minimum Gasteiger partial charge on any atom is -0.390 e. The number of rotatable bonds is 6. The Hall–Kier alpha value is -0.120. The lowest BCUT2D eigenvalue weighted by Gasteiger charge is -2.27. The Labute approximate surface area is 86.4 Å². The first-order valence-electron chi connectivity index (χ1n) is 5.72. The molecule has 0 spiro atoms. The van der Waals surface area contributed by atoms with Gasteiger partial charge in [-0.25, -0.2) is 0 Å². The average Bonchev–Trinajstić information content (AvgIpc) is 2.25. The first kappa shape index (κ1) is 12.0. The maximum Gasteiger partial charge on any atom is 0.107 e. The normalized spacial score (nSPS) is 24.9.